The molecule has 0 aliphatic carbocycles. The van der Waals surface area contributed by atoms with Crippen molar-refractivity contribution in [2.24, 2.45) is 0 Å². The van der Waals surface area contributed by atoms with Crippen LogP contribution >= 0.6 is 0 Å². The topological polar surface area (TPSA) is 63.8 Å². The molecule has 0 saturated carbocycles. The van der Waals surface area contributed by atoms with Gasteiger partial charge in [-0.3, -0.25) is 4.98 Å². The van der Waals surface area contributed by atoms with E-state index in [0.29, 0.717) is 0 Å². The Morgan fingerprint density at radius 3 is 2.94 bits per heavy atom. The molecular formula is C11H14N4O. The Morgan fingerprint density at radius 1 is 1.25 bits per heavy atom. The molecule has 0 saturated heterocycles. The Balaban J connectivity index is 1.59. The Morgan fingerprint density at radius 2 is 2.19 bits per heavy atom. The summed E-state index contributed by atoms with van der Waals surface area (Å²) in [5.74, 6) is 0.744. The van der Waals surface area contributed by atoms with Gasteiger partial charge in [-0.15, -0.1) is 0 Å². The second kappa shape index (κ2) is 5.97. The van der Waals surface area contributed by atoms with Gasteiger partial charge in [-0.05, 0) is 24.6 Å². The summed E-state index contributed by atoms with van der Waals surface area (Å²) >= 11 is 0. The van der Waals surface area contributed by atoms with Crippen LogP contribution in [-0.4, -0.2) is 28.2 Å². The third kappa shape index (κ3) is 3.43. The molecule has 0 atom stereocenters. The Hall–Kier alpha value is -1.75. The molecule has 1 N–H and O–H groups in total. The van der Waals surface area contributed by atoms with E-state index in [-0.39, 0.29) is 0 Å². The predicted molar refractivity (Wildman–Crippen MR) is 58.8 cm³/mol. The monoisotopic (exact) mass is 218 g/mol. The summed E-state index contributed by atoms with van der Waals surface area (Å²) in [6.45, 7) is 1.79. The van der Waals surface area contributed by atoms with Crippen LogP contribution in [0.25, 0.3) is 0 Å². The van der Waals surface area contributed by atoms with Gasteiger partial charge < -0.3 is 9.84 Å². The van der Waals surface area contributed by atoms with E-state index in [9.17, 15) is 0 Å². The van der Waals surface area contributed by atoms with Crippen LogP contribution in [0.15, 0.2) is 35.4 Å². The molecule has 2 aromatic rings. The highest BCUT2D eigenvalue weighted by atomic mass is 16.5. The maximum Gasteiger partial charge on any atom is 0.213 e. The smallest absolute Gasteiger partial charge is 0.213 e. The van der Waals surface area contributed by atoms with Crippen LogP contribution in [0.1, 0.15) is 11.4 Å². The average Bonchev–Trinajstić information content (AvgIpc) is 2.83. The zero-order valence-corrected chi connectivity index (χ0v) is 8.97. The van der Waals surface area contributed by atoms with Gasteiger partial charge in [-0.2, -0.15) is 4.98 Å². The normalized spacial score (nSPS) is 10.5. The molecule has 0 amide bonds. The predicted octanol–water partition coefficient (Wildman–Crippen LogP) is 0.839. The van der Waals surface area contributed by atoms with Gasteiger partial charge in [0.1, 0.15) is 0 Å². The van der Waals surface area contributed by atoms with Crippen LogP contribution in [-0.2, 0) is 12.8 Å². The van der Waals surface area contributed by atoms with Crippen LogP contribution < -0.4 is 5.32 Å². The first-order chi connectivity index (χ1) is 7.95. The second-order valence-electron chi connectivity index (χ2n) is 3.46. The van der Waals surface area contributed by atoms with E-state index in [4.69, 9.17) is 0 Å². The molecule has 0 aromatic carbocycles. The zero-order valence-electron chi connectivity index (χ0n) is 8.97. The van der Waals surface area contributed by atoms with E-state index in [1.54, 1.807) is 6.20 Å². The lowest BCUT2D eigenvalue weighted by molar-refractivity contribution is 0.409. The van der Waals surface area contributed by atoms with Gasteiger partial charge in [0, 0.05) is 25.4 Å². The third-order valence-corrected chi connectivity index (χ3v) is 2.25. The minimum atomic E-state index is 0.744. The summed E-state index contributed by atoms with van der Waals surface area (Å²) in [4.78, 5) is 8.01. The van der Waals surface area contributed by atoms with E-state index >= 15 is 0 Å². The molecule has 0 spiro atoms. The fourth-order valence-corrected chi connectivity index (χ4v) is 1.41. The highest BCUT2D eigenvalue weighted by Crippen LogP contribution is 1.95. The van der Waals surface area contributed by atoms with Crippen LogP contribution in [0.4, 0.5) is 0 Å². The summed E-state index contributed by atoms with van der Waals surface area (Å²) in [5.41, 5.74) is 1.24. The number of hydrogen-bond acceptors (Lipinski definition) is 5. The number of pyridine rings is 1. The van der Waals surface area contributed by atoms with Crippen molar-refractivity contribution in [2.75, 3.05) is 13.1 Å². The molecular weight excluding hydrogens is 204 g/mol. The second-order valence-corrected chi connectivity index (χ2v) is 3.46. The van der Waals surface area contributed by atoms with Gasteiger partial charge in [0.2, 0.25) is 6.39 Å². The van der Waals surface area contributed by atoms with Crippen molar-refractivity contribution < 1.29 is 4.52 Å². The lowest BCUT2D eigenvalue weighted by Gasteiger charge is -2.02. The fraction of sp³-hybridized carbons (Fsp3) is 0.364. The number of nitrogens with one attached hydrogen (secondary N) is 1. The molecule has 2 rings (SSSR count). The molecule has 84 valence electrons. The third-order valence-electron chi connectivity index (χ3n) is 2.25. The largest absolute Gasteiger partial charge is 0.343 e. The Kier molecular flexibility index (Phi) is 4.01. The van der Waals surface area contributed by atoms with Crippen LogP contribution in [0.2, 0.25) is 0 Å². The minimum Gasteiger partial charge on any atom is -0.343 e. The van der Waals surface area contributed by atoms with E-state index in [1.165, 1.54) is 12.0 Å². The summed E-state index contributed by atoms with van der Waals surface area (Å²) < 4.78 is 4.64. The first kappa shape index (κ1) is 10.8. The molecule has 0 aliphatic heterocycles. The average molecular weight is 218 g/mol. The number of rotatable bonds is 6. The highest BCUT2D eigenvalue weighted by molar-refractivity contribution is 5.08. The molecule has 0 unspecified atom stereocenters. The quantitative estimate of drug-likeness (QED) is 0.728. The first-order valence-electron chi connectivity index (χ1n) is 5.30. The maximum atomic E-state index is 4.64. The SMILES string of the molecule is c1cncc(CCNCCc2ncon2)c1. The number of hydrogen-bond donors (Lipinski definition) is 1. The molecule has 0 aliphatic rings. The molecule has 2 heterocycles. The van der Waals surface area contributed by atoms with Gasteiger partial charge in [0.05, 0.1) is 0 Å². The van der Waals surface area contributed by atoms with Crippen LogP contribution in [0.5, 0.6) is 0 Å². The molecule has 5 heteroatoms. The molecule has 5 nitrogen and oxygen atoms in total. The summed E-state index contributed by atoms with van der Waals surface area (Å²) in [7, 11) is 0. The van der Waals surface area contributed by atoms with Crippen molar-refractivity contribution in [3.63, 3.8) is 0 Å². The molecule has 0 bridgehead atoms. The molecule has 0 radical (unpaired) electrons. The fourth-order valence-electron chi connectivity index (χ4n) is 1.41. The van der Waals surface area contributed by atoms with Crippen molar-refractivity contribution >= 4 is 0 Å². The molecule has 16 heavy (non-hydrogen) atoms. The van der Waals surface area contributed by atoms with E-state index in [0.717, 1.165) is 31.8 Å². The van der Waals surface area contributed by atoms with Crippen LogP contribution in [0.3, 0.4) is 0 Å². The van der Waals surface area contributed by atoms with Crippen LogP contribution in [0, 0.1) is 0 Å². The van der Waals surface area contributed by atoms with Crippen molar-refractivity contribution in [1.82, 2.24) is 20.4 Å². The highest BCUT2D eigenvalue weighted by Gasteiger charge is 1.97. The minimum absolute atomic E-state index is 0.744. The number of aromatic nitrogens is 3. The summed E-state index contributed by atoms with van der Waals surface area (Å²) in [6.07, 6.45) is 6.81. The molecule has 0 fully saturated rings. The lowest BCUT2D eigenvalue weighted by Crippen LogP contribution is -2.20. The van der Waals surface area contributed by atoms with Gasteiger partial charge in [-0.1, -0.05) is 11.2 Å². The van der Waals surface area contributed by atoms with Crippen molar-refractivity contribution in [3.05, 3.63) is 42.3 Å². The van der Waals surface area contributed by atoms with Gasteiger partial charge in [0.15, 0.2) is 5.82 Å². The summed E-state index contributed by atoms with van der Waals surface area (Å²) in [5, 5.41) is 7.06. The van der Waals surface area contributed by atoms with Crippen molar-refractivity contribution in [1.29, 1.82) is 0 Å². The van der Waals surface area contributed by atoms with Gasteiger partial charge >= 0.3 is 0 Å². The van der Waals surface area contributed by atoms with Gasteiger partial charge in [-0.25, -0.2) is 0 Å². The van der Waals surface area contributed by atoms with Gasteiger partial charge in [0.25, 0.3) is 0 Å². The zero-order chi connectivity index (χ0) is 11.1. The molecule has 2 aromatic heterocycles. The standard InChI is InChI=1S/C11H14N4O/c1-2-10(8-13-5-1)3-6-12-7-4-11-14-9-16-15-11/h1-2,5,8-9,12H,3-4,6-7H2. The van der Waals surface area contributed by atoms with Crippen molar-refractivity contribution in [3.8, 4) is 0 Å². The Bertz CT molecular complexity index is 388. The summed E-state index contributed by atoms with van der Waals surface area (Å²) in [6, 6.07) is 4.03. The van der Waals surface area contributed by atoms with Crippen molar-refractivity contribution in [2.45, 2.75) is 12.8 Å². The van der Waals surface area contributed by atoms with E-state index in [2.05, 4.69) is 31.0 Å². The van der Waals surface area contributed by atoms with E-state index in [1.807, 2.05) is 12.3 Å². The van der Waals surface area contributed by atoms with E-state index < -0.39 is 0 Å². The maximum absolute atomic E-state index is 4.64. The lowest BCUT2D eigenvalue weighted by atomic mass is 10.2. The number of nitrogens with zero attached hydrogens (tertiary/aromatic N) is 3. The first-order valence-corrected chi connectivity index (χ1v) is 5.30. The Labute approximate surface area is 93.9 Å².